The zero-order valence-electron chi connectivity index (χ0n) is 17.9. The monoisotopic (exact) mass is 441 g/mol. The van der Waals surface area contributed by atoms with Crippen LogP contribution in [0, 0.1) is 5.92 Å². The SMILES string of the molecule is CCNC(=NCC1CCN(CCOC)CC1)N1CCN(Cc2ccc(Cl)s2)CC1. The fourth-order valence-corrected chi connectivity index (χ4v) is 5.16. The maximum atomic E-state index is 6.07. The van der Waals surface area contributed by atoms with Crippen LogP contribution in [0.15, 0.2) is 17.1 Å². The number of halogens is 1. The van der Waals surface area contributed by atoms with E-state index in [1.165, 1.54) is 30.8 Å². The number of guanidine groups is 1. The maximum Gasteiger partial charge on any atom is 0.194 e. The van der Waals surface area contributed by atoms with Gasteiger partial charge in [0.15, 0.2) is 5.96 Å². The fourth-order valence-electron chi connectivity index (χ4n) is 4.03. The summed E-state index contributed by atoms with van der Waals surface area (Å²) in [6, 6.07) is 4.14. The molecule has 2 saturated heterocycles. The number of rotatable bonds is 8. The Bertz CT molecular complexity index is 624. The molecule has 3 heterocycles. The molecule has 0 aromatic carbocycles. The number of aliphatic imine (C=N–C) groups is 1. The van der Waals surface area contributed by atoms with Gasteiger partial charge in [-0.15, -0.1) is 11.3 Å². The van der Waals surface area contributed by atoms with Crippen LogP contribution in [-0.2, 0) is 11.3 Å². The third-order valence-corrected chi connectivity index (χ3v) is 7.05. The van der Waals surface area contributed by atoms with Gasteiger partial charge in [-0.05, 0) is 50.9 Å². The molecule has 0 aliphatic carbocycles. The summed E-state index contributed by atoms with van der Waals surface area (Å²) in [7, 11) is 1.78. The van der Waals surface area contributed by atoms with Crippen LogP contribution in [0.4, 0.5) is 0 Å². The largest absolute Gasteiger partial charge is 0.383 e. The Morgan fingerprint density at radius 2 is 1.93 bits per heavy atom. The Hall–Kier alpha value is -0.860. The Kier molecular flexibility index (Phi) is 9.52. The normalized spacial score (nSPS) is 20.4. The van der Waals surface area contributed by atoms with E-state index in [1.54, 1.807) is 18.4 Å². The van der Waals surface area contributed by atoms with Crippen molar-refractivity contribution in [1.82, 2.24) is 20.0 Å². The molecule has 3 rings (SSSR count). The van der Waals surface area contributed by atoms with Crippen LogP contribution in [0.25, 0.3) is 0 Å². The molecular weight excluding hydrogens is 406 g/mol. The number of likely N-dealkylation sites (tertiary alicyclic amines) is 1. The molecule has 8 heteroatoms. The topological polar surface area (TPSA) is 43.3 Å². The van der Waals surface area contributed by atoms with E-state index >= 15 is 0 Å². The molecule has 0 atom stereocenters. The van der Waals surface area contributed by atoms with E-state index in [0.29, 0.717) is 5.92 Å². The molecule has 1 aromatic heterocycles. The second-order valence-corrected chi connectivity index (χ2v) is 9.74. The maximum absolute atomic E-state index is 6.07. The third-order valence-electron chi connectivity index (χ3n) is 5.83. The van der Waals surface area contributed by atoms with Gasteiger partial charge in [-0.2, -0.15) is 0 Å². The van der Waals surface area contributed by atoms with Gasteiger partial charge in [-0.1, -0.05) is 11.6 Å². The molecule has 0 unspecified atom stereocenters. The minimum absolute atomic E-state index is 0.701. The number of piperazine rings is 1. The van der Waals surface area contributed by atoms with Gasteiger partial charge >= 0.3 is 0 Å². The minimum Gasteiger partial charge on any atom is -0.383 e. The summed E-state index contributed by atoms with van der Waals surface area (Å²) in [6.07, 6.45) is 2.48. The number of hydrogen-bond acceptors (Lipinski definition) is 5. The van der Waals surface area contributed by atoms with Crippen molar-refractivity contribution in [2.75, 3.05) is 72.6 Å². The van der Waals surface area contributed by atoms with Crippen molar-refractivity contribution in [1.29, 1.82) is 0 Å². The lowest BCUT2D eigenvalue weighted by Gasteiger charge is -2.36. The van der Waals surface area contributed by atoms with Crippen molar-refractivity contribution in [3.05, 3.63) is 21.3 Å². The second-order valence-electron chi connectivity index (χ2n) is 7.94. The summed E-state index contributed by atoms with van der Waals surface area (Å²) in [4.78, 5) is 13.8. The number of hydrogen-bond donors (Lipinski definition) is 1. The summed E-state index contributed by atoms with van der Waals surface area (Å²) >= 11 is 7.75. The van der Waals surface area contributed by atoms with Crippen LogP contribution >= 0.6 is 22.9 Å². The average molecular weight is 442 g/mol. The zero-order valence-corrected chi connectivity index (χ0v) is 19.5. The predicted octanol–water partition coefficient (Wildman–Crippen LogP) is 2.84. The van der Waals surface area contributed by atoms with Gasteiger partial charge < -0.3 is 19.9 Å². The smallest absolute Gasteiger partial charge is 0.194 e. The minimum atomic E-state index is 0.701. The van der Waals surface area contributed by atoms with Crippen molar-refractivity contribution >= 4 is 28.9 Å². The highest BCUT2D eigenvalue weighted by atomic mass is 35.5. The molecule has 0 saturated carbocycles. The molecule has 1 N–H and O–H groups in total. The van der Waals surface area contributed by atoms with Crippen molar-refractivity contribution < 1.29 is 4.74 Å². The molecule has 0 spiro atoms. The second kappa shape index (κ2) is 12.1. The van der Waals surface area contributed by atoms with Gasteiger partial charge in [0.05, 0.1) is 10.9 Å². The third kappa shape index (κ3) is 7.40. The Balaban J connectivity index is 1.43. The molecule has 164 valence electrons. The molecule has 2 aliphatic heterocycles. The summed E-state index contributed by atoms with van der Waals surface area (Å²) < 4.78 is 6.08. The van der Waals surface area contributed by atoms with Crippen LogP contribution < -0.4 is 5.32 Å². The first-order valence-corrected chi connectivity index (χ1v) is 12.1. The number of ether oxygens (including phenoxy) is 1. The Labute approximate surface area is 184 Å². The van der Waals surface area contributed by atoms with Crippen molar-refractivity contribution in [2.45, 2.75) is 26.3 Å². The Morgan fingerprint density at radius 1 is 1.17 bits per heavy atom. The summed E-state index contributed by atoms with van der Waals surface area (Å²) in [5.41, 5.74) is 0. The molecule has 2 fully saturated rings. The zero-order chi connectivity index (χ0) is 20.5. The van der Waals surface area contributed by atoms with E-state index in [2.05, 4.69) is 33.0 Å². The van der Waals surface area contributed by atoms with Crippen LogP contribution in [0.3, 0.4) is 0 Å². The Morgan fingerprint density at radius 3 is 2.55 bits per heavy atom. The molecule has 29 heavy (non-hydrogen) atoms. The first-order chi connectivity index (χ1) is 14.2. The van der Waals surface area contributed by atoms with E-state index in [1.807, 2.05) is 6.07 Å². The first kappa shape index (κ1) is 22.8. The van der Waals surface area contributed by atoms with Crippen molar-refractivity contribution in [3.8, 4) is 0 Å². The van der Waals surface area contributed by atoms with E-state index < -0.39 is 0 Å². The lowest BCUT2D eigenvalue weighted by atomic mass is 9.97. The number of nitrogens with one attached hydrogen (secondary N) is 1. The van der Waals surface area contributed by atoms with E-state index in [-0.39, 0.29) is 0 Å². The number of methoxy groups -OCH3 is 1. The summed E-state index contributed by atoms with van der Waals surface area (Å²) in [5.74, 6) is 1.79. The van der Waals surface area contributed by atoms with Gasteiger partial charge in [-0.3, -0.25) is 9.89 Å². The van der Waals surface area contributed by atoms with Crippen LogP contribution in [0.1, 0.15) is 24.6 Å². The van der Waals surface area contributed by atoms with Gasteiger partial charge in [0.25, 0.3) is 0 Å². The van der Waals surface area contributed by atoms with Crippen LogP contribution in [0.5, 0.6) is 0 Å². The van der Waals surface area contributed by atoms with Crippen LogP contribution in [-0.4, -0.2) is 93.3 Å². The van der Waals surface area contributed by atoms with Crippen molar-refractivity contribution in [3.63, 3.8) is 0 Å². The fraction of sp³-hybridized carbons (Fsp3) is 0.762. The molecule has 0 amide bonds. The van der Waals surface area contributed by atoms with Gasteiger partial charge in [0, 0.05) is 64.3 Å². The number of piperidine rings is 1. The van der Waals surface area contributed by atoms with Crippen molar-refractivity contribution in [2.24, 2.45) is 10.9 Å². The molecule has 2 aliphatic rings. The van der Waals surface area contributed by atoms with E-state index in [4.69, 9.17) is 21.3 Å². The highest BCUT2D eigenvalue weighted by Crippen LogP contribution is 2.23. The van der Waals surface area contributed by atoms with Gasteiger partial charge in [0.1, 0.15) is 0 Å². The molecule has 6 nitrogen and oxygen atoms in total. The highest BCUT2D eigenvalue weighted by molar-refractivity contribution is 7.16. The molecular formula is C21H36ClN5OS. The standard InChI is InChI=1S/C21H36ClN5OS/c1-3-23-21(24-16-18-6-8-25(9-7-18)14-15-28-2)27-12-10-26(11-13-27)17-19-4-5-20(22)29-19/h4-5,18H,3,6-17H2,1-2H3,(H,23,24). The highest BCUT2D eigenvalue weighted by Gasteiger charge is 2.22. The molecule has 0 bridgehead atoms. The summed E-state index contributed by atoms with van der Waals surface area (Å²) in [5, 5.41) is 3.51. The number of nitrogens with zero attached hydrogens (tertiary/aromatic N) is 4. The lowest BCUT2D eigenvalue weighted by Crippen LogP contribution is -2.52. The predicted molar refractivity (Wildman–Crippen MR) is 123 cm³/mol. The average Bonchev–Trinajstić information content (AvgIpc) is 3.15. The van der Waals surface area contributed by atoms with Gasteiger partial charge in [-0.25, -0.2) is 0 Å². The number of thiophene rings is 1. The molecule has 0 radical (unpaired) electrons. The van der Waals surface area contributed by atoms with Crippen LogP contribution in [0.2, 0.25) is 4.34 Å². The summed E-state index contributed by atoms with van der Waals surface area (Å²) in [6.45, 7) is 13.4. The van der Waals surface area contributed by atoms with E-state index in [9.17, 15) is 0 Å². The quantitative estimate of drug-likeness (QED) is 0.496. The molecule has 1 aromatic rings. The van der Waals surface area contributed by atoms with E-state index in [0.717, 1.165) is 69.3 Å². The van der Waals surface area contributed by atoms with Gasteiger partial charge in [0.2, 0.25) is 0 Å². The lowest BCUT2D eigenvalue weighted by molar-refractivity contribution is 0.121. The first-order valence-electron chi connectivity index (χ1n) is 10.9.